The fourth-order valence-electron chi connectivity index (χ4n) is 0.431. The van der Waals surface area contributed by atoms with E-state index in [2.05, 4.69) is 0 Å². The maximum absolute atomic E-state index is 8.49. The first-order valence-electron chi connectivity index (χ1n) is 2.98. The molecule has 0 unspecified atom stereocenters. The summed E-state index contributed by atoms with van der Waals surface area (Å²) in [7, 11) is -3.47. The summed E-state index contributed by atoms with van der Waals surface area (Å²) < 4.78 is 0. The SMILES string of the molecule is CC(C)CC[P+](O)(O)O. The van der Waals surface area contributed by atoms with Gasteiger partial charge in [0.05, 0.1) is 0 Å². The Kier molecular flexibility index (Phi) is 3.59. The summed E-state index contributed by atoms with van der Waals surface area (Å²) in [4.78, 5) is 25.5. The molecule has 0 atom stereocenters. The molecule has 4 heteroatoms. The Labute approximate surface area is 55.9 Å². The van der Waals surface area contributed by atoms with Crippen LogP contribution in [-0.4, -0.2) is 20.8 Å². The molecule has 0 rings (SSSR count). The van der Waals surface area contributed by atoms with E-state index in [1.165, 1.54) is 0 Å². The second kappa shape index (κ2) is 3.47. The normalized spacial score (nSPS) is 12.7. The molecule has 56 valence electrons. The second-order valence-electron chi connectivity index (χ2n) is 2.60. The third kappa shape index (κ3) is 8.31. The molecule has 0 amide bonds. The number of hydrogen-bond acceptors (Lipinski definition) is 3. The van der Waals surface area contributed by atoms with Crippen LogP contribution >= 0.6 is 7.94 Å². The minimum atomic E-state index is -3.47. The largest absolute Gasteiger partial charge is 0.403 e. The lowest BCUT2D eigenvalue weighted by Crippen LogP contribution is -1.98. The third-order valence-electron chi connectivity index (χ3n) is 1.01. The molecule has 0 aromatic heterocycles. The molecule has 0 aliphatic heterocycles. The van der Waals surface area contributed by atoms with Crippen molar-refractivity contribution in [2.75, 3.05) is 6.16 Å². The van der Waals surface area contributed by atoms with Gasteiger partial charge < -0.3 is 0 Å². The topological polar surface area (TPSA) is 60.7 Å². The van der Waals surface area contributed by atoms with Crippen LogP contribution in [0.5, 0.6) is 0 Å². The van der Waals surface area contributed by atoms with E-state index in [4.69, 9.17) is 14.7 Å². The van der Waals surface area contributed by atoms with Gasteiger partial charge >= 0.3 is 7.94 Å². The molecule has 0 spiro atoms. The van der Waals surface area contributed by atoms with Crippen LogP contribution < -0.4 is 0 Å². The molecule has 0 radical (unpaired) electrons. The molecule has 3 nitrogen and oxygen atoms in total. The summed E-state index contributed by atoms with van der Waals surface area (Å²) in [5.74, 6) is 0.413. The van der Waals surface area contributed by atoms with Crippen molar-refractivity contribution >= 4 is 7.94 Å². The van der Waals surface area contributed by atoms with E-state index in [1.54, 1.807) is 0 Å². The van der Waals surface area contributed by atoms with Crippen LogP contribution in [0.15, 0.2) is 0 Å². The molecule has 0 saturated heterocycles. The molecule has 0 bridgehead atoms. The molecule has 0 aromatic carbocycles. The van der Waals surface area contributed by atoms with Crippen molar-refractivity contribution in [1.29, 1.82) is 0 Å². The highest BCUT2D eigenvalue weighted by Gasteiger charge is 2.28. The van der Waals surface area contributed by atoms with Crippen LogP contribution in [0, 0.1) is 5.92 Å². The van der Waals surface area contributed by atoms with Crippen molar-refractivity contribution in [2.45, 2.75) is 20.3 Å². The van der Waals surface area contributed by atoms with Gasteiger partial charge in [-0.1, -0.05) is 13.8 Å². The van der Waals surface area contributed by atoms with E-state index in [9.17, 15) is 0 Å². The number of rotatable bonds is 3. The van der Waals surface area contributed by atoms with Crippen molar-refractivity contribution < 1.29 is 14.7 Å². The lowest BCUT2D eigenvalue weighted by molar-refractivity contribution is 0.326. The van der Waals surface area contributed by atoms with Crippen LogP contribution in [0.2, 0.25) is 0 Å². The second-order valence-corrected chi connectivity index (χ2v) is 4.43. The highest BCUT2D eigenvalue weighted by atomic mass is 31.2. The van der Waals surface area contributed by atoms with Crippen LogP contribution in [-0.2, 0) is 0 Å². The monoisotopic (exact) mass is 153 g/mol. The van der Waals surface area contributed by atoms with Crippen LogP contribution in [0.1, 0.15) is 20.3 Å². The summed E-state index contributed by atoms with van der Waals surface area (Å²) in [5, 5.41) is 0. The average molecular weight is 153 g/mol. The maximum atomic E-state index is 8.49. The van der Waals surface area contributed by atoms with Gasteiger partial charge in [-0.2, -0.15) is 14.7 Å². The van der Waals surface area contributed by atoms with Gasteiger partial charge in [0.15, 0.2) is 0 Å². The molecular formula is C5H14O3P+. The zero-order valence-corrected chi connectivity index (χ0v) is 6.67. The standard InChI is InChI=1S/C5H14O3P/c1-5(2)3-4-9(6,7)8/h5-8H,3-4H2,1-2H3/q+1. The van der Waals surface area contributed by atoms with Gasteiger partial charge in [0, 0.05) is 0 Å². The fraction of sp³-hybridized carbons (Fsp3) is 1.00. The van der Waals surface area contributed by atoms with E-state index in [0.29, 0.717) is 12.3 Å². The van der Waals surface area contributed by atoms with E-state index in [0.717, 1.165) is 0 Å². The summed E-state index contributed by atoms with van der Waals surface area (Å²) in [6.07, 6.45) is 0.794. The Morgan fingerprint density at radius 2 is 1.67 bits per heavy atom. The summed E-state index contributed by atoms with van der Waals surface area (Å²) in [6, 6.07) is 0. The molecule has 0 heterocycles. The Morgan fingerprint density at radius 3 is 1.78 bits per heavy atom. The first-order chi connectivity index (χ1) is 3.92. The van der Waals surface area contributed by atoms with Crippen LogP contribution in [0.25, 0.3) is 0 Å². The van der Waals surface area contributed by atoms with Gasteiger partial charge in [0.1, 0.15) is 6.16 Å². The lowest BCUT2D eigenvalue weighted by Gasteiger charge is -2.04. The minimum absolute atomic E-state index is 0.130. The molecule has 0 saturated carbocycles. The van der Waals surface area contributed by atoms with Crippen molar-refractivity contribution in [2.24, 2.45) is 5.92 Å². The van der Waals surface area contributed by atoms with Crippen LogP contribution in [0.3, 0.4) is 0 Å². The maximum Gasteiger partial charge on any atom is 0.403 e. The van der Waals surface area contributed by atoms with E-state index in [-0.39, 0.29) is 6.16 Å². The average Bonchev–Trinajstić information content (AvgIpc) is 1.59. The Hall–Kier alpha value is 0.310. The first kappa shape index (κ1) is 9.31. The van der Waals surface area contributed by atoms with Crippen molar-refractivity contribution in [1.82, 2.24) is 0 Å². The van der Waals surface area contributed by atoms with E-state index in [1.807, 2.05) is 13.8 Å². The molecule has 0 aromatic rings. The minimum Gasteiger partial charge on any atom is -0.193 e. The van der Waals surface area contributed by atoms with Crippen molar-refractivity contribution in [3.8, 4) is 0 Å². The highest BCUT2D eigenvalue weighted by molar-refractivity contribution is 7.58. The molecule has 3 N–H and O–H groups in total. The van der Waals surface area contributed by atoms with Gasteiger partial charge in [0.2, 0.25) is 0 Å². The zero-order chi connectivity index (χ0) is 7.49. The van der Waals surface area contributed by atoms with Gasteiger partial charge in [-0.3, -0.25) is 0 Å². The van der Waals surface area contributed by atoms with Gasteiger partial charge in [-0.15, -0.1) is 0 Å². The first-order valence-corrected chi connectivity index (χ1v) is 4.81. The Bertz CT molecular complexity index is 76.8. The van der Waals surface area contributed by atoms with E-state index < -0.39 is 7.94 Å². The predicted octanol–water partition coefficient (Wildman–Crippen LogP) is 0.772. The van der Waals surface area contributed by atoms with Gasteiger partial charge in [-0.05, 0) is 12.3 Å². The summed E-state index contributed by atoms with van der Waals surface area (Å²) >= 11 is 0. The van der Waals surface area contributed by atoms with E-state index >= 15 is 0 Å². The van der Waals surface area contributed by atoms with Crippen LogP contribution in [0.4, 0.5) is 0 Å². The smallest absolute Gasteiger partial charge is 0.193 e. The summed E-state index contributed by atoms with van der Waals surface area (Å²) in [6.45, 7) is 3.94. The van der Waals surface area contributed by atoms with Crippen molar-refractivity contribution in [3.63, 3.8) is 0 Å². The Balaban J connectivity index is 3.28. The molecule has 0 fully saturated rings. The van der Waals surface area contributed by atoms with Gasteiger partial charge in [0.25, 0.3) is 0 Å². The Morgan fingerprint density at radius 1 is 1.22 bits per heavy atom. The lowest BCUT2D eigenvalue weighted by atomic mass is 10.2. The molecule has 0 aliphatic carbocycles. The predicted molar refractivity (Wildman–Crippen MR) is 37.9 cm³/mol. The third-order valence-corrected chi connectivity index (χ3v) is 1.86. The quantitative estimate of drug-likeness (QED) is 0.525. The van der Waals surface area contributed by atoms with Gasteiger partial charge in [-0.25, -0.2) is 0 Å². The highest BCUT2D eigenvalue weighted by Crippen LogP contribution is 2.45. The fourth-order valence-corrected chi connectivity index (χ4v) is 1.29. The molecule has 9 heavy (non-hydrogen) atoms. The molecular weight excluding hydrogens is 139 g/mol. The van der Waals surface area contributed by atoms with Crippen molar-refractivity contribution in [3.05, 3.63) is 0 Å². The summed E-state index contributed by atoms with van der Waals surface area (Å²) in [5.41, 5.74) is 0. The zero-order valence-electron chi connectivity index (χ0n) is 5.78. The number of hydrogen-bond donors (Lipinski definition) is 3. The molecule has 0 aliphatic rings.